The minimum Gasteiger partial charge on any atom is -0.349 e. The highest BCUT2D eigenvalue weighted by atomic mass is 16.2. The molecule has 0 aliphatic carbocycles. The predicted octanol–water partition coefficient (Wildman–Crippen LogP) is 0.962. The van der Waals surface area contributed by atoms with E-state index in [1.807, 2.05) is 34.9 Å². The van der Waals surface area contributed by atoms with Crippen molar-refractivity contribution in [2.75, 3.05) is 45.8 Å². The van der Waals surface area contributed by atoms with E-state index in [9.17, 15) is 14.4 Å². The molecule has 1 N–H and O–H groups in total. The summed E-state index contributed by atoms with van der Waals surface area (Å²) in [5, 5.41) is 2.89. The van der Waals surface area contributed by atoms with Crippen LogP contribution >= 0.6 is 0 Å². The molecule has 7 heteroatoms. The van der Waals surface area contributed by atoms with Crippen molar-refractivity contribution in [2.24, 2.45) is 0 Å². The maximum atomic E-state index is 12.5. The lowest BCUT2D eigenvalue weighted by Crippen LogP contribution is -2.52. The van der Waals surface area contributed by atoms with Crippen molar-refractivity contribution in [2.45, 2.75) is 32.2 Å². The predicted molar refractivity (Wildman–Crippen MR) is 107 cm³/mol. The lowest BCUT2D eigenvalue weighted by atomic mass is 10.1. The number of likely N-dealkylation sites (tertiary alicyclic amines) is 1. The number of piperazine rings is 1. The van der Waals surface area contributed by atoms with Crippen molar-refractivity contribution in [1.29, 1.82) is 0 Å². The Morgan fingerprint density at radius 3 is 2.14 bits per heavy atom. The third kappa shape index (κ3) is 5.55. The van der Waals surface area contributed by atoms with Crippen molar-refractivity contribution >= 4 is 17.7 Å². The fourth-order valence-corrected chi connectivity index (χ4v) is 3.75. The average molecular weight is 386 g/mol. The third-order valence-electron chi connectivity index (χ3n) is 5.44. The third-order valence-corrected chi connectivity index (χ3v) is 5.44. The molecule has 3 rings (SSSR count). The van der Waals surface area contributed by atoms with Crippen LogP contribution in [0, 0.1) is 0 Å². The van der Waals surface area contributed by atoms with Crippen LogP contribution in [0.15, 0.2) is 30.3 Å². The van der Waals surface area contributed by atoms with Crippen molar-refractivity contribution in [3.8, 4) is 0 Å². The summed E-state index contributed by atoms with van der Waals surface area (Å²) in [5.74, 6) is 0.0899. The van der Waals surface area contributed by atoms with E-state index in [0.717, 1.165) is 39.0 Å². The molecule has 2 aliphatic rings. The minimum absolute atomic E-state index is 0.0476. The van der Waals surface area contributed by atoms with Gasteiger partial charge in [0.1, 0.15) is 0 Å². The number of hydrogen-bond donors (Lipinski definition) is 1. The van der Waals surface area contributed by atoms with Crippen LogP contribution in [0.2, 0.25) is 0 Å². The van der Waals surface area contributed by atoms with E-state index in [0.29, 0.717) is 25.2 Å². The monoisotopic (exact) mass is 386 g/mol. The van der Waals surface area contributed by atoms with Gasteiger partial charge >= 0.3 is 0 Å². The van der Waals surface area contributed by atoms with Gasteiger partial charge in [0.25, 0.3) is 5.91 Å². The van der Waals surface area contributed by atoms with Crippen LogP contribution in [0.3, 0.4) is 0 Å². The van der Waals surface area contributed by atoms with Crippen molar-refractivity contribution in [3.63, 3.8) is 0 Å². The number of nitrogens with zero attached hydrogens (tertiary/aromatic N) is 3. The zero-order chi connectivity index (χ0) is 19.9. The number of rotatable bonds is 6. The van der Waals surface area contributed by atoms with Gasteiger partial charge in [0.05, 0.1) is 6.54 Å². The minimum atomic E-state index is -0.227. The summed E-state index contributed by atoms with van der Waals surface area (Å²) in [5.41, 5.74) is 0.595. The summed E-state index contributed by atoms with van der Waals surface area (Å²) >= 11 is 0. The van der Waals surface area contributed by atoms with Gasteiger partial charge in [-0.05, 0) is 31.9 Å². The Labute approximate surface area is 166 Å². The molecule has 2 saturated heterocycles. The second-order valence-corrected chi connectivity index (χ2v) is 7.69. The molecule has 0 radical (unpaired) electrons. The van der Waals surface area contributed by atoms with Gasteiger partial charge in [-0.15, -0.1) is 0 Å². The maximum absolute atomic E-state index is 12.5. The molecule has 2 heterocycles. The first-order valence-electron chi connectivity index (χ1n) is 10.2. The van der Waals surface area contributed by atoms with E-state index in [4.69, 9.17) is 0 Å². The first-order chi connectivity index (χ1) is 13.5. The van der Waals surface area contributed by atoms with Gasteiger partial charge in [0.2, 0.25) is 11.8 Å². The van der Waals surface area contributed by atoms with E-state index in [1.54, 1.807) is 12.1 Å². The summed E-state index contributed by atoms with van der Waals surface area (Å²) in [7, 11) is 0. The van der Waals surface area contributed by atoms with Crippen LogP contribution < -0.4 is 5.32 Å². The van der Waals surface area contributed by atoms with E-state index in [2.05, 4.69) is 10.2 Å². The molecule has 2 fully saturated rings. The maximum Gasteiger partial charge on any atom is 0.251 e. The van der Waals surface area contributed by atoms with Gasteiger partial charge in [-0.2, -0.15) is 0 Å². The fraction of sp³-hybridized carbons (Fsp3) is 0.571. The van der Waals surface area contributed by atoms with Crippen molar-refractivity contribution < 1.29 is 14.4 Å². The summed E-state index contributed by atoms with van der Waals surface area (Å²) < 4.78 is 0. The van der Waals surface area contributed by atoms with E-state index >= 15 is 0 Å². The molecule has 0 bridgehead atoms. The molecule has 0 unspecified atom stereocenters. The Morgan fingerprint density at radius 1 is 0.893 bits per heavy atom. The van der Waals surface area contributed by atoms with Crippen molar-refractivity contribution in [1.82, 2.24) is 20.0 Å². The molecule has 7 nitrogen and oxygen atoms in total. The highest BCUT2D eigenvalue weighted by Crippen LogP contribution is 2.10. The number of nitrogens with one attached hydrogen (secondary N) is 1. The molecule has 1 aromatic carbocycles. The first kappa shape index (κ1) is 20.3. The summed E-state index contributed by atoms with van der Waals surface area (Å²) in [6.07, 6.45) is 2.49. The molecule has 152 valence electrons. The second kappa shape index (κ2) is 9.68. The topological polar surface area (TPSA) is 73.0 Å². The van der Waals surface area contributed by atoms with Gasteiger partial charge < -0.3 is 15.1 Å². The summed E-state index contributed by atoms with van der Waals surface area (Å²) in [6, 6.07) is 8.79. The number of amides is 3. The molecule has 1 atom stereocenters. The van der Waals surface area contributed by atoms with Crippen LogP contribution in [-0.4, -0.2) is 84.3 Å². The highest BCUT2D eigenvalue weighted by Gasteiger charge is 2.26. The zero-order valence-electron chi connectivity index (χ0n) is 16.6. The van der Waals surface area contributed by atoms with Gasteiger partial charge in [0.15, 0.2) is 0 Å². The fourth-order valence-electron chi connectivity index (χ4n) is 3.75. The van der Waals surface area contributed by atoms with Gasteiger partial charge in [-0.25, -0.2) is 0 Å². The first-order valence-corrected chi connectivity index (χ1v) is 10.2. The highest BCUT2D eigenvalue weighted by molar-refractivity contribution is 5.94. The van der Waals surface area contributed by atoms with Gasteiger partial charge in [-0.3, -0.25) is 19.3 Å². The molecule has 0 saturated carbocycles. The van der Waals surface area contributed by atoms with Crippen LogP contribution in [-0.2, 0) is 9.59 Å². The average Bonchev–Trinajstić information content (AvgIpc) is 3.24. The molecule has 1 aromatic rings. The standard InChI is InChI=1S/C21H30N4O3/c1-17(22-21(28)18-7-3-2-4-8-18)15-19(26)25-13-11-23(12-14-25)16-20(27)24-9-5-6-10-24/h2-4,7-8,17H,5-6,9-16H2,1H3,(H,22,28)/t17-/m0/s1. The normalized spacial score (nSPS) is 18.8. The smallest absolute Gasteiger partial charge is 0.251 e. The summed E-state index contributed by atoms with van der Waals surface area (Å²) in [4.78, 5) is 42.9. The molecule has 0 aromatic heterocycles. The Kier molecular flexibility index (Phi) is 7.03. The van der Waals surface area contributed by atoms with Crippen LogP contribution in [0.1, 0.15) is 36.5 Å². The molecule has 28 heavy (non-hydrogen) atoms. The van der Waals surface area contributed by atoms with E-state index in [1.165, 1.54) is 0 Å². The number of carbonyl (C=O) groups is 3. The quantitative estimate of drug-likeness (QED) is 0.791. The SMILES string of the molecule is C[C@@H](CC(=O)N1CCN(CC(=O)N2CCCC2)CC1)NC(=O)c1ccccc1. The molecular formula is C21H30N4O3. The second-order valence-electron chi connectivity index (χ2n) is 7.69. The summed E-state index contributed by atoms with van der Waals surface area (Å²) in [6.45, 7) is 6.76. The van der Waals surface area contributed by atoms with Crippen LogP contribution in [0.25, 0.3) is 0 Å². The Bertz CT molecular complexity index is 680. The Hall–Kier alpha value is -2.41. The van der Waals surface area contributed by atoms with E-state index in [-0.39, 0.29) is 30.2 Å². The number of benzene rings is 1. The van der Waals surface area contributed by atoms with E-state index < -0.39 is 0 Å². The lowest BCUT2D eigenvalue weighted by molar-refractivity contribution is -0.134. The molecule has 3 amide bonds. The van der Waals surface area contributed by atoms with Crippen LogP contribution in [0.5, 0.6) is 0 Å². The molecule has 0 spiro atoms. The zero-order valence-corrected chi connectivity index (χ0v) is 16.6. The number of hydrogen-bond acceptors (Lipinski definition) is 4. The van der Waals surface area contributed by atoms with Gasteiger partial charge in [0, 0.05) is 57.3 Å². The van der Waals surface area contributed by atoms with Crippen molar-refractivity contribution in [3.05, 3.63) is 35.9 Å². The van der Waals surface area contributed by atoms with Crippen LogP contribution in [0.4, 0.5) is 0 Å². The molecular weight excluding hydrogens is 356 g/mol. The Morgan fingerprint density at radius 2 is 1.50 bits per heavy atom. The lowest BCUT2D eigenvalue weighted by Gasteiger charge is -2.35. The Balaban J connectivity index is 1.38. The largest absolute Gasteiger partial charge is 0.349 e. The van der Waals surface area contributed by atoms with Gasteiger partial charge in [-0.1, -0.05) is 18.2 Å². The number of carbonyl (C=O) groups excluding carboxylic acids is 3. The molecule has 2 aliphatic heterocycles.